The molecule has 3 aromatic rings. The van der Waals surface area contributed by atoms with Crippen molar-refractivity contribution in [3.05, 3.63) is 72.6 Å². The molecule has 0 saturated heterocycles. The van der Waals surface area contributed by atoms with Crippen molar-refractivity contribution >= 4 is 16.2 Å². The smallest absolute Gasteiger partial charge is 0.276 e. The zero-order valence-electron chi connectivity index (χ0n) is 14.1. The first-order valence-corrected chi connectivity index (χ1v) is 9.44. The quantitative estimate of drug-likeness (QED) is 0.512. The predicted molar refractivity (Wildman–Crippen MR) is 99.1 cm³/mol. The maximum absolute atomic E-state index is 12.2. The van der Waals surface area contributed by atoms with Gasteiger partial charge < -0.3 is 4.74 Å². The van der Waals surface area contributed by atoms with Gasteiger partial charge in [-0.15, -0.1) is 0 Å². The molecule has 0 unspecified atom stereocenters. The molecule has 0 aliphatic rings. The van der Waals surface area contributed by atoms with E-state index < -0.39 is 10.0 Å². The highest BCUT2D eigenvalue weighted by atomic mass is 32.2. The lowest BCUT2D eigenvalue weighted by atomic mass is 10.3. The summed E-state index contributed by atoms with van der Waals surface area (Å²) in [7, 11) is -3.74. The largest absolute Gasteiger partial charge is 0.494 e. The number of ether oxygens (including phenoxy) is 1. The van der Waals surface area contributed by atoms with Crippen LogP contribution in [0.3, 0.4) is 0 Å². The maximum Gasteiger partial charge on any atom is 0.276 e. The zero-order valence-corrected chi connectivity index (χ0v) is 14.9. The van der Waals surface area contributed by atoms with Crippen LogP contribution in [0.5, 0.6) is 5.75 Å². The summed E-state index contributed by atoms with van der Waals surface area (Å²) in [6.45, 7) is 2.38. The van der Waals surface area contributed by atoms with Gasteiger partial charge in [-0.1, -0.05) is 18.2 Å². The number of benzene rings is 2. The minimum Gasteiger partial charge on any atom is -0.494 e. The first-order chi connectivity index (χ1) is 12.6. The van der Waals surface area contributed by atoms with Crippen LogP contribution in [0.1, 0.15) is 12.5 Å². The van der Waals surface area contributed by atoms with Crippen molar-refractivity contribution in [3.8, 4) is 11.4 Å². The number of para-hydroxylation sites is 1. The Labute approximate surface area is 152 Å². The Bertz CT molecular complexity index is 981. The van der Waals surface area contributed by atoms with E-state index in [0.29, 0.717) is 17.9 Å². The summed E-state index contributed by atoms with van der Waals surface area (Å²) >= 11 is 0. The second-order valence-corrected chi connectivity index (χ2v) is 6.97. The molecular formula is C18H18N4O3S. The number of nitrogens with zero attached hydrogens (tertiary/aromatic N) is 3. The van der Waals surface area contributed by atoms with E-state index in [9.17, 15) is 8.42 Å². The first kappa shape index (κ1) is 17.7. The number of aromatic nitrogens is 2. The van der Waals surface area contributed by atoms with E-state index in [1.165, 1.54) is 18.3 Å². The van der Waals surface area contributed by atoms with Gasteiger partial charge in [-0.2, -0.15) is 18.6 Å². The van der Waals surface area contributed by atoms with Gasteiger partial charge in [-0.25, -0.2) is 9.51 Å². The lowest BCUT2D eigenvalue weighted by molar-refractivity contribution is 0.340. The van der Waals surface area contributed by atoms with Crippen molar-refractivity contribution in [2.45, 2.75) is 11.8 Å². The van der Waals surface area contributed by atoms with Crippen molar-refractivity contribution in [1.29, 1.82) is 0 Å². The number of hydrazone groups is 1. The summed E-state index contributed by atoms with van der Waals surface area (Å²) in [4.78, 5) is 2.30. The van der Waals surface area contributed by atoms with Crippen molar-refractivity contribution in [1.82, 2.24) is 14.6 Å². The Balaban J connectivity index is 1.67. The van der Waals surface area contributed by atoms with E-state index >= 15 is 0 Å². The fraction of sp³-hybridized carbons (Fsp3) is 0.111. The Kier molecular flexibility index (Phi) is 5.33. The molecule has 26 heavy (non-hydrogen) atoms. The third kappa shape index (κ3) is 4.28. The summed E-state index contributed by atoms with van der Waals surface area (Å²) in [5.74, 6) is 0.614. The van der Waals surface area contributed by atoms with Crippen LogP contribution in [-0.4, -0.2) is 31.0 Å². The summed E-state index contributed by atoms with van der Waals surface area (Å²) in [5.41, 5.74) is 1.57. The number of hydrogen-bond acceptors (Lipinski definition) is 5. The lowest BCUT2D eigenvalue weighted by Crippen LogP contribution is -2.18. The molecule has 1 aromatic heterocycles. The van der Waals surface area contributed by atoms with Crippen LogP contribution < -0.4 is 9.57 Å². The van der Waals surface area contributed by atoms with Crippen LogP contribution in [-0.2, 0) is 10.0 Å². The summed E-state index contributed by atoms with van der Waals surface area (Å²) in [6.07, 6.45) is 4.75. The van der Waals surface area contributed by atoms with E-state index in [2.05, 4.69) is 15.0 Å². The predicted octanol–water partition coefficient (Wildman–Crippen LogP) is 2.58. The molecule has 0 saturated carbocycles. The number of hydrogen-bond donors (Lipinski definition) is 1. The summed E-state index contributed by atoms with van der Waals surface area (Å²) in [5, 5.41) is 8.03. The summed E-state index contributed by atoms with van der Waals surface area (Å²) in [6, 6.07) is 15.7. The van der Waals surface area contributed by atoms with Crippen LogP contribution >= 0.6 is 0 Å². The average molecular weight is 370 g/mol. The van der Waals surface area contributed by atoms with Crippen LogP contribution in [0.15, 0.2) is 77.0 Å². The highest BCUT2D eigenvalue weighted by Gasteiger charge is 2.12. The normalized spacial score (nSPS) is 11.6. The van der Waals surface area contributed by atoms with Crippen molar-refractivity contribution in [2.75, 3.05) is 6.61 Å². The van der Waals surface area contributed by atoms with E-state index in [1.54, 1.807) is 29.2 Å². The molecule has 1 N–H and O–H groups in total. The third-order valence-electron chi connectivity index (χ3n) is 3.45. The van der Waals surface area contributed by atoms with E-state index in [1.807, 2.05) is 37.3 Å². The van der Waals surface area contributed by atoms with E-state index in [0.717, 1.165) is 5.69 Å². The molecule has 0 aliphatic carbocycles. The molecule has 0 spiro atoms. The highest BCUT2D eigenvalue weighted by molar-refractivity contribution is 7.89. The minimum atomic E-state index is -3.74. The Morgan fingerprint density at radius 3 is 2.58 bits per heavy atom. The van der Waals surface area contributed by atoms with Crippen LogP contribution in [0.4, 0.5) is 0 Å². The van der Waals surface area contributed by atoms with Crippen molar-refractivity contribution < 1.29 is 13.2 Å². The lowest BCUT2D eigenvalue weighted by Gasteiger charge is -2.05. The van der Waals surface area contributed by atoms with Crippen molar-refractivity contribution in [2.24, 2.45) is 5.10 Å². The third-order valence-corrected chi connectivity index (χ3v) is 4.69. The molecule has 3 rings (SSSR count). The van der Waals surface area contributed by atoms with Gasteiger partial charge in [-0.05, 0) is 43.3 Å². The molecule has 2 aromatic carbocycles. The number of rotatable bonds is 7. The second-order valence-electron chi connectivity index (χ2n) is 5.31. The van der Waals surface area contributed by atoms with Crippen LogP contribution in [0.25, 0.3) is 5.69 Å². The Hall–Kier alpha value is -3.13. The van der Waals surface area contributed by atoms with Crippen LogP contribution in [0, 0.1) is 0 Å². The standard InChI is InChI=1S/C18H18N4O3S/c1-2-25-17-8-10-18(11-9-17)26(23,24)21-19-12-15-13-20-22(14-15)16-6-4-3-5-7-16/h3-14,21H,2H2,1H3/b19-12-. The Morgan fingerprint density at radius 1 is 1.15 bits per heavy atom. The molecule has 134 valence electrons. The second kappa shape index (κ2) is 7.83. The fourth-order valence-corrected chi connectivity index (χ4v) is 3.02. The van der Waals surface area contributed by atoms with Gasteiger partial charge in [0.2, 0.25) is 0 Å². The Morgan fingerprint density at radius 2 is 1.88 bits per heavy atom. The maximum atomic E-state index is 12.2. The van der Waals surface area contributed by atoms with E-state index in [4.69, 9.17) is 4.74 Å². The minimum absolute atomic E-state index is 0.109. The van der Waals surface area contributed by atoms with Crippen LogP contribution in [0.2, 0.25) is 0 Å². The van der Waals surface area contributed by atoms with E-state index in [-0.39, 0.29) is 4.90 Å². The average Bonchev–Trinajstić information content (AvgIpc) is 3.12. The zero-order chi connectivity index (χ0) is 18.4. The highest BCUT2D eigenvalue weighted by Crippen LogP contribution is 2.15. The molecule has 0 bridgehead atoms. The molecule has 1 heterocycles. The van der Waals surface area contributed by atoms with Gasteiger partial charge in [0.05, 0.1) is 29.6 Å². The molecule has 0 atom stereocenters. The SMILES string of the molecule is CCOc1ccc(S(=O)(=O)N/N=C\c2cnn(-c3ccccc3)c2)cc1. The van der Waals surface area contributed by atoms with Gasteiger partial charge in [0.25, 0.3) is 10.0 Å². The fourth-order valence-electron chi connectivity index (χ4n) is 2.23. The molecule has 8 heteroatoms. The van der Waals surface area contributed by atoms with Crippen molar-refractivity contribution in [3.63, 3.8) is 0 Å². The van der Waals surface area contributed by atoms with Gasteiger partial charge in [0, 0.05) is 11.8 Å². The number of nitrogens with one attached hydrogen (secondary N) is 1. The molecule has 7 nitrogen and oxygen atoms in total. The molecule has 0 radical (unpaired) electrons. The molecule has 0 aliphatic heterocycles. The molecular weight excluding hydrogens is 352 g/mol. The van der Waals surface area contributed by atoms with Gasteiger partial charge in [-0.3, -0.25) is 0 Å². The van der Waals surface area contributed by atoms with Gasteiger partial charge in [0.15, 0.2) is 0 Å². The van der Waals surface area contributed by atoms with Gasteiger partial charge in [0.1, 0.15) is 5.75 Å². The molecule has 0 fully saturated rings. The molecule has 0 amide bonds. The summed E-state index contributed by atoms with van der Waals surface area (Å²) < 4.78 is 31.4. The van der Waals surface area contributed by atoms with Gasteiger partial charge >= 0.3 is 0 Å². The topological polar surface area (TPSA) is 85.6 Å². The number of sulfonamides is 1. The monoisotopic (exact) mass is 370 g/mol. The first-order valence-electron chi connectivity index (χ1n) is 7.96.